The number of likely N-dealkylation sites (tertiary alicyclic amines) is 1. The first-order valence-corrected chi connectivity index (χ1v) is 14.6. The highest BCUT2D eigenvalue weighted by atomic mass is 32.1. The number of amides is 2. The third-order valence-corrected chi connectivity index (χ3v) is 8.39. The molecule has 2 unspecified atom stereocenters. The lowest BCUT2D eigenvalue weighted by atomic mass is 9.86. The Hall–Kier alpha value is -2.65. The fourth-order valence-corrected chi connectivity index (χ4v) is 5.75. The van der Waals surface area contributed by atoms with Crippen LogP contribution >= 0.6 is 11.3 Å². The van der Waals surface area contributed by atoms with Crippen LogP contribution in [0.15, 0.2) is 23.7 Å². The van der Waals surface area contributed by atoms with Gasteiger partial charge in [0.25, 0.3) is 0 Å². The number of nitrogens with one attached hydrogen (secondary N) is 2. The Labute approximate surface area is 236 Å². The first kappa shape index (κ1) is 30.9. The fourth-order valence-electron chi connectivity index (χ4n) is 4.95. The number of halogens is 1. The van der Waals surface area contributed by atoms with Crippen LogP contribution in [0.3, 0.4) is 0 Å². The maximum atomic E-state index is 13.2. The molecule has 2 aliphatic rings. The average Bonchev–Trinajstić information content (AvgIpc) is 3.24. The smallest absolute Gasteiger partial charge is 0.243 e. The van der Waals surface area contributed by atoms with Crippen LogP contribution < -0.4 is 10.6 Å². The van der Waals surface area contributed by atoms with E-state index in [-0.39, 0.29) is 23.3 Å². The minimum absolute atomic E-state index is 0.00907. The lowest BCUT2D eigenvalue weighted by molar-refractivity contribution is -0.142. The zero-order valence-corrected chi connectivity index (χ0v) is 25.1. The number of aldehydes is 1. The van der Waals surface area contributed by atoms with Gasteiger partial charge < -0.3 is 15.5 Å². The Balaban J connectivity index is 0.000000617. The van der Waals surface area contributed by atoms with Crippen LogP contribution in [-0.4, -0.2) is 59.3 Å². The van der Waals surface area contributed by atoms with Crippen LogP contribution in [-0.2, 0) is 20.9 Å². The molecule has 2 aromatic rings. The zero-order valence-electron chi connectivity index (χ0n) is 24.3. The molecule has 1 saturated heterocycles. The van der Waals surface area contributed by atoms with Crippen LogP contribution in [0.2, 0.25) is 0 Å². The summed E-state index contributed by atoms with van der Waals surface area (Å²) in [6.07, 6.45) is 2.82. The number of thiazole rings is 1. The summed E-state index contributed by atoms with van der Waals surface area (Å²) >= 11 is 1.65. The van der Waals surface area contributed by atoms with Crippen molar-refractivity contribution >= 4 is 29.4 Å². The molecule has 4 rings (SSSR count). The highest BCUT2D eigenvalue weighted by Gasteiger charge is 2.43. The molecule has 9 heteroatoms. The molecule has 2 amide bonds. The molecule has 1 saturated carbocycles. The number of carbonyl (C=O) groups is 3. The summed E-state index contributed by atoms with van der Waals surface area (Å²) in [7, 11) is 1.81. The summed E-state index contributed by atoms with van der Waals surface area (Å²) in [4.78, 5) is 43.2. The summed E-state index contributed by atoms with van der Waals surface area (Å²) in [5.74, 6) is 0.273. The van der Waals surface area contributed by atoms with Crippen molar-refractivity contribution in [2.75, 3.05) is 13.6 Å². The Morgan fingerprint density at radius 1 is 1.28 bits per heavy atom. The van der Waals surface area contributed by atoms with Gasteiger partial charge in [-0.05, 0) is 73.7 Å². The van der Waals surface area contributed by atoms with E-state index >= 15 is 0 Å². The second-order valence-corrected chi connectivity index (χ2v) is 12.8. The summed E-state index contributed by atoms with van der Waals surface area (Å²) < 4.78 is 11.9. The maximum Gasteiger partial charge on any atom is 0.243 e. The first-order valence-electron chi connectivity index (χ1n) is 13.7. The van der Waals surface area contributed by atoms with Crippen molar-refractivity contribution in [2.45, 2.75) is 97.4 Å². The van der Waals surface area contributed by atoms with Crippen LogP contribution in [0.5, 0.6) is 0 Å². The third-order valence-electron chi connectivity index (χ3n) is 7.41. The molecule has 2 N–H and O–H groups in total. The van der Waals surface area contributed by atoms with E-state index < -0.39 is 11.7 Å². The number of rotatable bonds is 8. The topological polar surface area (TPSA) is 91.4 Å². The van der Waals surface area contributed by atoms with Gasteiger partial charge in [-0.1, -0.05) is 46.8 Å². The molecule has 2 fully saturated rings. The Morgan fingerprint density at radius 2 is 1.97 bits per heavy atom. The molecule has 0 spiro atoms. The second kappa shape index (κ2) is 12.7. The number of alkyl halides is 1. The van der Waals surface area contributed by atoms with Gasteiger partial charge >= 0.3 is 0 Å². The van der Waals surface area contributed by atoms with E-state index in [2.05, 4.69) is 47.7 Å². The molecule has 1 aliphatic carbocycles. The lowest BCUT2D eigenvalue weighted by Crippen LogP contribution is -2.55. The molecule has 0 bridgehead atoms. The number of nitrogens with zero attached hydrogens (tertiary/aromatic N) is 2. The van der Waals surface area contributed by atoms with Crippen LogP contribution in [0.4, 0.5) is 4.39 Å². The van der Waals surface area contributed by atoms with Crippen LogP contribution in [0.1, 0.15) is 83.0 Å². The van der Waals surface area contributed by atoms with Gasteiger partial charge in [-0.2, -0.15) is 0 Å². The van der Waals surface area contributed by atoms with Crippen LogP contribution in [0, 0.1) is 12.3 Å². The molecule has 2 heterocycles. The van der Waals surface area contributed by atoms with E-state index in [1.165, 1.54) is 16.0 Å². The maximum absolute atomic E-state index is 13.2. The van der Waals surface area contributed by atoms with Gasteiger partial charge in [-0.15, -0.1) is 11.3 Å². The van der Waals surface area contributed by atoms with E-state index in [9.17, 15) is 18.8 Å². The van der Waals surface area contributed by atoms with Crippen molar-refractivity contribution in [2.24, 2.45) is 5.41 Å². The number of hydrogen-bond acceptors (Lipinski definition) is 6. The minimum atomic E-state index is -1.39. The van der Waals surface area contributed by atoms with Gasteiger partial charge in [0.1, 0.15) is 6.04 Å². The van der Waals surface area contributed by atoms with Crippen LogP contribution in [0.25, 0.3) is 10.4 Å². The fraction of sp³-hybridized carbons (Fsp3) is 0.600. The van der Waals surface area contributed by atoms with Gasteiger partial charge in [0.15, 0.2) is 12.0 Å². The predicted octanol–water partition coefficient (Wildman–Crippen LogP) is 5.17. The molecule has 1 aromatic carbocycles. The third kappa shape index (κ3) is 7.72. The number of likely N-dealkylation sites (N-methyl/N-ethyl adjacent to an activating group) is 1. The monoisotopic (exact) mass is 558 g/mol. The van der Waals surface area contributed by atoms with E-state index in [1.807, 2.05) is 40.3 Å². The highest BCUT2D eigenvalue weighted by molar-refractivity contribution is 7.13. The van der Waals surface area contributed by atoms with E-state index in [4.69, 9.17) is 0 Å². The summed E-state index contributed by atoms with van der Waals surface area (Å²) in [5, 5.41) is 6.27. The molecule has 214 valence electrons. The molecule has 1 aromatic heterocycles. The standard InChI is InChI=1S/C26H38N4O2S.C4H5FO/c1-16(2)20-13-18(22-17(3)29-15-33-22)10-11-19(20)14-28-24(31)21-9-8-12-30(21)25(32)23(27-7)26(4,5)6;5-4(3-6)1-2-4/h10-11,13,15-16,21,23,27H,8-9,12,14H2,1-7H3,(H,28,31);3H,1-2H2. The number of aromatic nitrogens is 1. The van der Waals surface area contributed by atoms with Gasteiger partial charge in [0.2, 0.25) is 11.8 Å². The molecule has 39 heavy (non-hydrogen) atoms. The minimum Gasteiger partial charge on any atom is -0.350 e. The Morgan fingerprint density at radius 3 is 2.46 bits per heavy atom. The second-order valence-electron chi connectivity index (χ2n) is 12.0. The molecular formula is C30H43FN4O3S. The van der Waals surface area contributed by atoms with Gasteiger partial charge in [-0.25, -0.2) is 9.37 Å². The van der Waals surface area contributed by atoms with Gasteiger partial charge in [0.05, 0.1) is 22.1 Å². The van der Waals surface area contributed by atoms with E-state index in [0.29, 0.717) is 44.6 Å². The number of benzene rings is 1. The predicted molar refractivity (Wildman–Crippen MR) is 154 cm³/mol. The molecule has 2 atom stereocenters. The van der Waals surface area contributed by atoms with E-state index in [0.717, 1.165) is 17.7 Å². The molecule has 0 radical (unpaired) electrons. The lowest BCUT2D eigenvalue weighted by Gasteiger charge is -2.34. The van der Waals surface area contributed by atoms with E-state index in [1.54, 1.807) is 16.2 Å². The highest BCUT2D eigenvalue weighted by Crippen LogP contribution is 2.37. The zero-order chi connectivity index (χ0) is 29.0. The Bertz CT molecular complexity index is 1170. The summed E-state index contributed by atoms with van der Waals surface area (Å²) in [5.41, 5.74) is 4.81. The summed E-state index contributed by atoms with van der Waals surface area (Å²) in [6.45, 7) is 13.6. The van der Waals surface area contributed by atoms with Crippen molar-refractivity contribution in [3.63, 3.8) is 0 Å². The number of carbonyl (C=O) groups excluding carboxylic acids is 3. The normalized spacial score (nSPS) is 18.8. The van der Waals surface area contributed by atoms with Gasteiger partial charge in [0, 0.05) is 13.1 Å². The average molecular weight is 559 g/mol. The first-order chi connectivity index (χ1) is 18.3. The van der Waals surface area contributed by atoms with Gasteiger partial charge in [-0.3, -0.25) is 14.4 Å². The van der Waals surface area contributed by atoms with Crippen molar-refractivity contribution in [3.8, 4) is 10.4 Å². The SMILES string of the molecule is CNC(C(=O)N1CCCC1C(=O)NCc1ccc(-c2scnc2C)cc1C(C)C)C(C)(C)C.O=CC1(F)CC1. The quantitative estimate of drug-likeness (QED) is 0.436. The number of hydrogen-bond donors (Lipinski definition) is 2. The Kier molecular flexibility index (Phi) is 10.0. The van der Waals surface area contributed by atoms with Crippen molar-refractivity contribution in [1.29, 1.82) is 0 Å². The van der Waals surface area contributed by atoms with Crippen molar-refractivity contribution in [1.82, 2.24) is 20.5 Å². The van der Waals surface area contributed by atoms with Crippen molar-refractivity contribution < 1.29 is 18.8 Å². The van der Waals surface area contributed by atoms with Crippen molar-refractivity contribution in [3.05, 3.63) is 40.5 Å². The number of aryl methyl sites for hydroxylation is 1. The molecule has 7 nitrogen and oxygen atoms in total. The summed E-state index contributed by atoms with van der Waals surface area (Å²) in [6, 6.07) is 5.72. The molecule has 1 aliphatic heterocycles. The largest absolute Gasteiger partial charge is 0.350 e. The molecular weight excluding hydrogens is 515 g/mol.